The molecule has 0 spiro atoms. The quantitative estimate of drug-likeness (QED) is 0.460. The standard InChI is InChI=1S/C20H17NO2Te.Te/c1-14-7-11-19(12-8-14)23-20(24)21(15(2)22)18-10-9-16-5-3-4-6-17(16)13-18;/h3-13H,1-2H3;. The van der Waals surface area contributed by atoms with Gasteiger partial charge in [-0.25, -0.2) is 0 Å². The van der Waals surface area contributed by atoms with Gasteiger partial charge in [-0.15, -0.1) is 0 Å². The Labute approximate surface area is 177 Å². The summed E-state index contributed by atoms with van der Waals surface area (Å²) in [5, 5.41) is 2.23. The van der Waals surface area contributed by atoms with Crippen LogP contribution in [0, 0.1) is 6.92 Å². The number of hydrogen-bond acceptors (Lipinski definition) is 2. The van der Waals surface area contributed by atoms with E-state index in [1.165, 1.54) is 5.56 Å². The summed E-state index contributed by atoms with van der Waals surface area (Å²) in [4.78, 5) is 13.8. The summed E-state index contributed by atoms with van der Waals surface area (Å²) in [5.41, 5.74) is 1.97. The fourth-order valence-electron chi connectivity index (χ4n) is 2.48. The molecule has 0 bridgehead atoms. The number of carbonyl (C=O) groups is 1. The molecule has 0 aromatic heterocycles. The van der Waals surface area contributed by atoms with E-state index in [0.717, 1.165) is 16.5 Å². The molecule has 25 heavy (non-hydrogen) atoms. The van der Waals surface area contributed by atoms with Crippen molar-refractivity contribution >= 4 is 71.7 Å². The Morgan fingerprint density at radius 2 is 1.60 bits per heavy atom. The van der Waals surface area contributed by atoms with Gasteiger partial charge in [-0.05, 0) is 0 Å². The molecule has 3 aromatic carbocycles. The molecule has 0 saturated heterocycles. The van der Waals surface area contributed by atoms with Crippen molar-refractivity contribution < 1.29 is 9.53 Å². The number of amides is 1. The minimum absolute atomic E-state index is 0. The SMILES string of the molecule is CC(=O)N(C(=[Te])Oc1ccc(C)cc1)c1ccc2ccccc2c1.[Te]. The monoisotopic (exact) mass is 563 g/mol. The van der Waals surface area contributed by atoms with Gasteiger partial charge in [0.25, 0.3) is 0 Å². The summed E-state index contributed by atoms with van der Waals surface area (Å²) in [6, 6.07) is 21.8. The van der Waals surface area contributed by atoms with Gasteiger partial charge in [0.15, 0.2) is 0 Å². The van der Waals surface area contributed by atoms with E-state index in [-0.39, 0.29) is 29.6 Å². The molecule has 0 saturated carbocycles. The molecular weight excluding hydrogens is 541 g/mol. The molecule has 0 aliphatic carbocycles. The van der Waals surface area contributed by atoms with Crippen LogP contribution < -0.4 is 9.64 Å². The Kier molecular flexibility index (Phi) is 7.05. The number of fused-ring (bicyclic) bond motifs is 1. The fraction of sp³-hybridized carbons (Fsp3) is 0.100. The average Bonchev–Trinajstić information content (AvgIpc) is 2.56. The molecule has 0 unspecified atom stereocenters. The van der Waals surface area contributed by atoms with Gasteiger partial charge in [0.1, 0.15) is 0 Å². The molecular formula is C20H17NO2Te2. The molecule has 1 amide bonds. The van der Waals surface area contributed by atoms with Crippen molar-refractivity contribution in [1.29, 1.82) is 0 Å². The molecule has 0 atom stereocenters. The number of hydrogen-bond donors (Lipinski definition) is 0. The molecule has 0 aliphatic rings. The van der Waals surface area contributed by atoms with Crippen molar-refractivity contribution in [3.63, 3.8) is 0 Å². The van der Waals surface area contributed by atoms with E-state index in [0.29, 0.717) is 9.61 Å². The van der Waals surface area contributed by atoms with Crippen LogP contribution in [0.25, 0.3) is 10.8 Å². The maximum atomic E-state index is 12.2. The summed E-state index contributed by atoms with van der Waals surface area (Å²) in [6.45, 7) is 3.57. The van der Waals surface area contributed by atoms with Crippen molar-refractivity contribution in [2.45, 2.75) is 13.8 Å². The van der Waals surface area contributed by atoms with Gasteiger partial charge < -0.3 is 0 Å². The molecule has 3 aromatic rings. The summed E-state index contributed by atoms with van der Waals surface area (Å²) >= 11 is 1.72. The molecule has 5 heteroatoms. The zero-order valence-electron chi connectivity index (χ0n) is 13.9. The van der Waals surface area contributed by atoms with Crippen molar-refractivity contribution in [3.8, 4) is 5.75 Å². The first-order valence-corrected chi connectivity index (χ1v) is 8.79. The van der Waals surface area contributed by atoms with Crippen LogP contribution in [-0.2, 0) is 4.79 Å². The van der Waals surface area contributed by atoms with E-state index in [1.807, 2.05) is 67.6 Å². The Hall–Kier alpha value is -1.36. The van der Waals surface area contributed by atoms with Gasteiger partial charge in [-0.3, -0.25) is 0 Å². The third-order valence-corrected chi connectivity index (χ3v) is 4.47. The van der Waals surface area contributed by atoms with E-state index >= 15 is 0 Å². The van der Waals surface area contributed by atoms with Crippen molar-refractivity contribution in [2.24, 2.45) is 0 Å². The van der Waals surface area contributed by atoms with E-state index in [4.69, 9.17) is 4.74 Å². The molecule has 0 N–H and O–H groups in total. The molecule has 2 radical (unpaired) electrons. The topological polar surface area (TPSA) is 29.5 Å². The Bertz CT molecular complexity index is 907. The molecule has 3 rings (SSSR count). The van der Waals surface area contributed by atoms with Crippen molar-refractivity contribution in [1.82, 2.24) is 0 Å². The average molecular weight is 559 g/mol. The minimum atomic E-state index is -0.0856. The van der Waals surface area contributed by atoms with Gasteiger partial charge >= 0.3 is 154 Å². The summed E-state index contributed by atoms with van der Waals surface area (Å²) < 4.78 is 6.42. The van der Waals surface area contributed by atoms with E-state index in [9.17, 15) is 4.79 Å². The number of ether oxygens (including phenoxy) is 1. The Balaban J connectivity index is 0.00000225. The second kappa shape index (κ2) is 8.84. The zero-order chi connectivity index (χ0) is 17.1. The normalized spacial score (nSPS) is 10.0. The predicted molar refractivity (Wildman–Crippen MR) is 105 cm³/mol. The molecule has 0 heterocycles. The van der Waals surface area contributed by atoms with Gasteiger partial charge in [0, 0.05) is 23.7 Å². The van der Waals surface area contributed by atoms with Crippen LogP contribution in [0.3, 0.4) is 0 Å². The zero-order valence-corrected chi connectivity index (χ0v) is 18.6. The van der Waals surface area contributed by atoms with Crippen LogP contribution in [0.2, 0.25) is 0 Å². The molecule has 0 fully saturated rings. The summed E-state index contributed by atoms with van der Waals surface area (Å²) in [7, 11) is 0. The molecule has 126 valence electrons. The number of aryl methyl sites for hydroxylation is 1. The van der Waals surface area contributed by atoms with E-state index in [2.05, 4.69) is 6.07 Å². The number of nitrogens with zero attached hydrogens (tertiary/aromatic N) is 1. The largest absolute Gasteiger partial charge is 0 e. The third kappa shape index (κ3) is 4.84. The first-order valence-electron chi connectivity index (χ1n) is 7.62. The molecule has 0 aliphatic heterocycles. The second-order valence-electron chi connectivity index (χ2n) is 5.57. The maximum absolute atomic E-state index is 12.2. The third-order valence-electron chi connectivity index (χ3n) is 3.71. The van der Waals surface area contributed by atoms with Crippen LogP contribution in [-0.4, -0.2) is 55.3 Å². The van der Waals surface area contributed by atoms with E-state index < -0.39 is 0 Å². The van der Waals surface area contributed by atoms with Crippen LogP contribution >= 0.6 is 0 Å². The Morgan fingerprint density at radius 3 is 2.24 bits per heavy atom. The second-order valence-corrected chi connectivity index (χ2v) is 6.56. The van der Waals surface area contributed by atoms with Gasteiger partial charge in [-0.1, -0.05) is 0 Å². The molecule has 3 nitrogen and oxygen atoms in total. The smallest absolute Gasteiger partial charge is 0 e. The Morgan fingerprint density at radius 1 is 0.960 bits per heavy atom. The maximum Gasteiger partial charge on any atom is 0 e. The van der Waals surface area contributed by atoms with Gasteiger partial charge in [0.2, 0.25) is 0 Å². The van der Waals surface area contributed by atoms with Crippen LogP contribution in [0.1, 0.15) is 12.5 Å². The van der Waals surface area contributed by atoms with Gasteiger partial charge in [-0.2, -0.15) is 0 Å². The van der Waals surface area contributed by atoms with E-state index in [1.54, 1.807) is 33.6 Å². The van der Waals surface area contributed by atoms with Crippen LogP contribution in [0.5, 0.6) is 5.75 Å². The van der Waals surface area contributed by atoms with Crippen LogP contribution in [0.4, 0.5) is 5.69 Å². The first-order chi connectivity index (χ1) is 11.5. The first kappa shape index (κ1) is 20.0. The minimum Gasteiger partial charge on any atom is 0 e. The van der Waals surface area contributed by atoms with Crippen LogP contribution in [0.15, 0.2) is 66.7 Å². The van der Waals surface area contributed by atoms with Crippen molar-refractivity contribution in [3.05, 3.63) is 72.3 Å². The summed E-state index contributed by atoms with van der Waals surface area (Å²) in [5.74, 6) is 0.630. The number of anilines is 1. The summed E-state index contributed by atoms with van der Waals surface area (Å²) in [6.07, 6.45) is 0. The number of rotatable bonds is 4. The fourth-order valence-corrected chi connectivity index (χ4v) is 3.43. The number of carbonyl (C=O) groups excluding carboxylic acids is 1. The van der Waals surface area contributed by atoms with Gasteiger partial charge in [0.05, 0.1) is 0 Å². The predicted octanol–water partition coefficient (Wildman–Crippen LogP) is 3.46. The van der Waals surface area contributed by atoms with Crippen molar-refractivity contribution in [2.75, 3.05) is 4.90 Å². The number of benzene rings is 3.